The molecule has 0 heterocycles. The highest BCUT2D eigenvalue weighted by molar-refractivity contribution is 5.14. The molecule has 0 aromatic heterocycles. The monoisotopic (exact) mass is 176 g/mol. The molecule has 0 radical (unpaired) electrons. The van der Waals surface area contributed by atoms with E-state index in [-0.39, 0.29) is 0 Å². The summed E-state index contributed by atoms with van der Waals surface area (Å²) < 4.78 is 7.92. The van der Waals surface area contributed by atoms with Crippen LogP contribution in [-0.4, -0.2) is 6.04 Å². The molecule has 0 amide bonds. The van der Waals surface area contributed by atoms with Gasteiger partial charge in [-0.25, -0.2) is 0 Å². The number of hydrogen-bond acceptors (Lipinski definition) is 1. The predicted octanol–water partition coefficient (Wildman–Crippen LogP) is 2.57. The van der Waals surface area contributed by atoms with Crippen LogP contribution in [-0.2, 0) is 6.54 Å². The lowest BCUT2D eigenvalue weighted by Gasteiger charge is -2.12. The van der Waals surface area contributed by atoms with Crippen LogP contribution in [0.4, 0.5) is 0 Å². The van der Waals surface area contributed by atoms with Crippen molar-refractivity contribution in [3.05, 3.63) is 35.9 Å². The van der Waals surface area contributed by atoms with Crippen LogP contribution >= 0.6 is 0 Å². The van der Waals surface area contributed by atoms with E-state index in [1.807, 2.05) is 18.2 Å². The lowest BCUT2D eigenvalue weighted by molar-refractivity contribution is 0.496. The minimum Gasteiger partial charge on any atom is -0.310 e. The molecule has 1 aromatic rings. The SMILES string of the molecule is [2H]N(Cc1ccccc1)[C@@H](C)C1CC1. The van der Waals surface area contributed by atoms with Crippen LogP contribution in [0.3, 0.4) is 0 Å². The second-order valence-corrected chi connectivity index (χ2v) is 3.90. The first kappa shape index (κ1) is 7.57. The van der Waals surface area contributed by atoms with E-state index in [2.05, 4.69) is 19.1 Å². The Balaban J connectivity index is 1.90. The quantitative estimate of drug-likeness (QED) is 0.743. The standard InChI is InChI=1S/C12H17N/c1-10(12-7-8-12)13-9-11-5-3-2-4-6-11/h2-6,10,12-13H,7-9H2,1H3/t10-/m0/s1/i/hD. The molecule has 13 heavy (non-hydrogen) atoms. The van der Waals surface area contributed by atoms with E-state index in [0.717, 1.165) is 12.5 Å². The highest BCUT2D eigenvalue weighted by atomic mass is 14.9. The fourth-order valence-electron chi connectivity index (χ4n) is 1.56. The van der Waals surface area contributed by atoms with E-state index < -0.39 is 0 Å². The molecule has 1 aliphatic carbocycles. The van der Waals surface area contributed by atoms with Gasteiger partial charge < -0.3 is 5.31 Å². The van der Waals surface area contributed by atoms with Gasteiger partial charge in [-0.15, -0.1) is 0 Å². The fourth-order valence-corrected chi connectivity index (χ4v) is 1.56. The third-order valence-electron chi connectivity index (χ3n) is 2.71. The number of nitrogens with one attached hydrogen (secondary N) is 1. The first-order valence-electron chi connectivity index (χ1n) is 5.51. The number of hydrogen-bond donors (Lipinski definition) is 1. The zero-order chi connectivity index (χ0) is 9.97. The molecule has 1 aromatic carbocycles. The average molecular weight is 176 g/mol. The first-order chi connectivity index (χ1) is 6.77. The van der Waals surface area contributed by atoms with Crippen LogP contribution < -0.4 is 5.31 Å². The lowest BCUT2D eigenvalue weighted by atomic mass is 10.2. The van der Waals surface area contributed by atoms with E-state index in [9.17, 15) is 0 Å². The van der Waals surface area contributed by atoms with Crippen LogP contribution in [0, 0.1) is 5.92 Å². The van der Waals surface area contributed by atoms with Gasteiger partial charge >= 0.3 is 0 Å². The maximum absolute atomic E-state index is 7.92. The Kier molecular flexibility index (Phi) is 2.29. The minimum atomic E-state index is 0.412. The summed E-state index contributed by atoms with van der Waals surface area (Å²) in [6.07, 6.45) is 2.62. The fraction of sp³-hybridized carbons (Fsp3) is 0.500. The first-order valence-corrected chi connectivity index (χ1v) is 5.07. The Morgan fingerprint density at radius 1 is 1.46 bits per heavy atom. The van der Waals surface area contributed by atoms with Gasteiger partial charge in [-0.3, -0.25) is 0 Å². The maximum atomic E-state index is 7.92. The zero-order valence-corrected chi connectivity index (χ0v) is 8.11. The average Bonchev–Trinajstić information content (AvgIpc) is 3.01. The van der Waals surface area contributed by atoms with Crippen molar-refractivity contribution in [1.82, 2.24) is 5.31 Å². The molecule has 1 N–H and O–H groups in total. The van der Waals surface area contributed by atoms with Gasteiger partial charge in [0, 0.05) is 12.6 Å². The molecule has 1 atom stereocenters. The Labute approximate surface area is 81.6 Å². The van der Waals surface area contributed by atoms with Crippen LogP contribution in [0.5, 0.6) is 0 Å². The van der Waals surface area contributed by atoms with Crippen molar-refractivity contribution in [3.63, 3.8) is 0 Å². The summed E-state index contributed by atoms with van der Waals surface area (Å²) in [4.78, 5) is 0. The van der Waals surface area contributed by atoms with Crippen molar-refractivity contribution in [1.29, 1.82) is 0 Å². The van der Waals surface area contributed by atoms with Crippen molar-refractivity contribution in [2.75, 3.05) is 0 Å². The molecule has 0 unspecified atom stereocenters. The van der Waals surface area contributed by atoms with E-state index in [1.54, 1.807) is 5.31 Å². The van der Waals surface area contributed by atoms with Gasteiger partial charge in [-0.05, 0) is 31.2 Å². The summed E-state index contributed by atoms with van der Waals surface area (Å²) in [6, 6.07) is 10.7. The molecule has 0 spiro atoms. The van der Waals surface area contributed by atoms with Crippen molar-refractivity contribution in [3.8, 4) is 0 Å². The van der Waals surface area contributed by atoms with E-state index in [4.69, 9.17) is 1.41 Å². The smallest absolute Gasteiger partial charge is 0.123 e. The molecule has 0 bridgehead atoms. The van der Waals surface area contributed by atoms with Gasteiger partial charge in [0.05, 0.1) is 0 Å². The molecule has 70 valence electrons. The predicted molar refractivity (Wildman–Crippen MR) is 55.5 cm³/mol. The van der Waals surface area contributed by atoms with Gasteiger partial charge in [-0.2, -0.15) is 0 Å². The Bertz CT molecular complexity index is 282. The highest BCUT2D eigenvalue weighted by Gasteiger charge is 2.27. The van der Waals surface area contributed by atoms with Crippen LogP contribution in [0.15, 0.2) is 30.3 Å². The number of rotatable bonds is 4. The Hall–Kier alpha value is -0.820. The van der Waals surface area contributed by atoms with Gasteiger partial charge in [0.2, 0.25) is 0 Å². The highest BCUT2D eigenvalue weighted by Crippen LogP contribution is 2.32. The second kappa shape index (κ2) is 3.93. The van der Waals surface area contributed by atoms with Crippen molar-refractivity contribution >= 4 is 0 Å². The molecular formula is C12H17N. The molecule has 1 aliphatic rings. The van der Waals surface area contributed by atoms with Gasteiger partial charge in [0.1, 0.15) is 1.41 Å². The Morgan fingerprint density at radius 2 is 2.15 bits per heavy atom. The summed E-state index contributed by atoms with van der Waals surface area (Å²) in [5.74, 6) is 0.774. The maximum Gasteiger partial charge on any atom is 0.123 e. The molecule has 1 fully saturated rings. The van der Waals surface area contributed by atoms with Gasteiger partial charge in [-0.1, -0.05) is 30.3 Å². The minimum absolute atomic E-state index is 0.412. The Morgan fingerprint density at radius 3 is 2.77 bits per heavy atom. The largest absolute Gasteiger partial charge is 0.310 e. The third-order valence-corrected chi connectivity index (χ3v) is 2.71. The van der Waals surface area contributed by atoms with Crippen molar-refractivity contribution < 1.29 is 1.41 Å². The summed E-state index contributed by atoms with van der Waals surface area (Å²) >= 11 is 0. The molecule has 1 saturated carbocycles. The van der Waals surface area contributed by atoms with Gasteiger partial charge in [0.25, 0.3) is 0 Å². The van der Waals surface area contributed by atoms with Crippen LogP contribution in [0.25, 0.3) is 0 Å². The topological polar surface area (TPSA) is 12.0 Å². The van der Waals surface area contributed by atoms with E-state index in [1.165, 1.54) is 18.4 Å². The van der Waals surface area contributed by atoms with Gasteiger partial charge in [0.15, 0.2) is 0 Å². The zero-order valence-electron chi connectivity index (χ0n) is 9.11. The normalized spacial score (nSPS) is 20.0. The third kappa shape index (κ3) is 2.56. The molecule has 0 saturated heterocycles. The summed E-state index contributed by atoms with van der Waals surface area (Å²) in [7, 11) is 0. The van der Waals surface area contributed by atoms with E-state index >= 15 is 0 Å². The molecular weight excluding hydrogens is 158 g/mol. The number of benzene rings is 1. The summed E-state index contributed by atoms with van der Waals surface area (Å²) in [5.41, 5.74) is 1.23. The molecule has 2 rings (SSSR count). The van der Waals surface area contributed by atoms with Crippen LogP contribution in [0.1, 0.15) is 25.3 Å². The van der Waals surface area contributed by atoms with E-state index in [0.29, 0.717) is 6.04 Å². The molecule has 1 heteroatoms. The molecule has 1 nitrogen and oxygen atoms in total. The van der Waals surface area contributed by atoms with Crippen LogP contribution in [0.2, 0.25) is 1.41 Å². The van der Waals surface area contributed by atoms with Crippen molar-refractivity contribution in [2.45, 2.75) is 32.4 Å². The summed E-state index contributed by atoms with van der Waals surface area (Å²) in [5, 5.41) is 1.72. The molecule has 0 aliphatic heterocycles. The second-order valence-electron chi connectivity index (χ2n) is 3.90. The van der Waals surface area contributed by atoms with Crippen molar-refractivity contribution in [2.24, 2.45) is 5.92 Å². The summed E-state index contributed by atoms with van der Waals surface area (Å²) in [6.45, 7) is 2.91. The lowest BCUT2D eigenvalue weighted by Crippen LogP contribution is -2.27.